The quantitative estimate of drug-likeness (QED) is 0.864. The van der Waals surface area contributed by atoms with E-state index in [4.69, 9.17) is 4.74 Å². The van der Waals surface area contributed by atoms with Crippen molar-refractivity contribution >= 4 is 0 Å². The maximum atomic E-state index is 6.01. The molecule has 0 bridgehead atoms. The van der Waals surface area contributed by atoms with Crippen LogP contribution in [0.2, 0.25) is 0 Å². The van der Waals surface area contributed by atoms with Crippen LogP contribution in [0.25, 0.3) is 0 Å². The first-order valence-electron chi connectivity index (χ1n) is 7.87. The first-order valence-corrected chi connectivity index (χ1v) is 7.87. The first-order chi connectivity index (χ1) is 9.72. The zero-order chi connectivity index (χ0) is 14.4. The Hall–Kier alpha value is -1.06. The predicted molar refractivity (Wildman–Crippen MR) is 84.7 cm³/mol. The molecule has 112 valence electrons. The van der Waals surface area contributed by atoms with Crippen molar-refractivity contribution in [1.82, 2.24) is 10.2 Å². The second-order valence-corrected chi connectivity index (χ2v) is 5.70. The highest BCUT2D eigenvalue weighted by atomic mass is 16.5. The smallest absolute Gasteiger partial charge is 0.125 e. The highest BCUT2D eigenvalue weighted by Crippen LogP contribution is 2.27. The zero-order valence-electron chi connectivity index (χ0n) is 13.2. The largest absolute Gasteiger partial charge is 0.493 e. The Morgan fingerprint density at radius 2 is 1.85 bits per heavy atom. The standard InChI is InChI=1S/C17H28N2O/c1-4-13-20-17-15(3)6-5-14(2)16(17)7-10-19-11-8-18-9-12-19/h5-6,18H,4,7-13H2,1-3H3. The molecule has 1 aromatic carbocycles. The third-order valence-electron chi connectivity index (χ3n) is 4.03. The summed E-state index contributed by atoms with van der Waals surface area (Å²) >= 11 is 0. The number of nitrogens with zero attached hydrogens (tertiary/aromatic N) is 1. The van der Waals surface area contributed by atoms with Crippen LogP contribution in [0.3, 0.4) is 0 Å². The summed E-state index contributed by atoms with van der Waals surface area (Å²) in [6.45, 7) is 13.0. The molecule has 1 aliphatic rings. The molecule has 0 unspecified atom stereocenters. The van der Waals surface area contributed by atoms with Gasteiger partial charge in [-0.3, -0.25) is 0 Å². The van der Waals surface area contributed by atoms with Gasteiger partial charge in [-0.2, -0.15) is 0 Å². The molecule has 1 heterocycles. The molecule has 1 fully saturated rings. The fourth-order valence-electron chi connectivity index (χ4n) is 2.76. The van der Waals surface area contributed by atoms with Crippen molar-refractivity contribution in [2.45, 2.75) is 33.6 Å². The number of hydrogen-bond acceptors (Lipinski definition) is 3. The van der Waals surface area contributed by atoms with Crippen LogP contribution in [0.5, 0.6) is 5.75 Å². The summed E-state index contributed by atoms with van der Waals surface area (Å²) in [6.07, 6.45) is 2.15. The van der Waals surface area contributed by atoms with Gasteiger partial charge >= 0.3 is 0 Å². The summed E-state index contributed by atoms with van der Waals surface area (Å²) in [5.41, 5.74) is 4.02. The summed E-state index contributed by atoms with van der Waals surface area (Å²) in [4.78, 5) is 2.54. The lowest BCUT2D eigenvalue weighted by Gasteiger charge is -2.27. The van der Waals surface area contributed by atoms with Gasteiger partial charge in [-0.15, -0.1) is 0 Å². The molecule has 2 rings (SSSR count). The van der Waals surface area contributed by atoms with Crippen LogP contribution >= 0.6 is 0 Å². The van der Waals surface area contributed by atoms with Crippen LogP contribution in [0.4, 0.5) is 0 Å². The minimum atomic E-state index is 0.810. The van der Waals surface area contributed by atoms with E-state index in [0.717, 1.165) is 57.9 Å². The van der Waals surface area contributed by atoms with E-state index >= 15 is 0 Å². The molecule has 0 amide bonds. The van der Waals surface area contributed by atoms with E-state index in [9.17, 15) is 0 Å². The molecule has 0 atom stereocenters. The van der Waals surface area contributed by atoms with Crippen LogP contribution < -0.4 is 10.1 Å². The molecule has 1 saturated heterocycles. The van der Waals surface area contributed by atoms with E-state index in [2.05, 4.69) is 43.1 Å². The van der Waals surface area contributed by atoms with Gasteiger partial charge in [0.25, 0.3) is 0 Å². The molecular weight excluding hydrogens is 248 g/mol. The minimum Gasteiger partial charge on any atom is -0.493 e. The van der Waals surface area contributed by atoms with Crippen LogP contribution in [-0.2, 0) is 6.42 Å². The number of nitrogens with one attached hydrogen (secondary N) is 1. The van der Waals surface area contributed by atoms with Crippen molar-refractivity contribution in [3.63, 3.8) is 0 Å². The maximum Gasteiger partial charge on any atom is 0.125 e. The predicted octanol–water partition coefficient (Wildman–Crippen LogP) is 2.54. The van der Waals surface area contributed by atoms with Gasteiger partial charge < -0.3 is 15.0 Å². The van der Waals surface area contributed by atoms with Gasteiger partial charge in [0.15, 0.2) is 0 Å². The Balaban J connectivity index is 2.05. The van der Waals surface area contributed by atoms with E-state index in [-0.39, 0.29) is 0 Å². The van der Waals surface area contributed by atoms with Gasteiger partial charge in [-0.25, -0.2) is 0 Å². The number of aryl methyl sites for hydroxylation is 2. The fraction of sp³-hybridized carbons (Fsp3) is 0.647. The third kappa shape index (κ3) is 3.97. The maximum absolute atomic E-state index is 6.01. The minimum absolute atomic E-state index is 0.810. The van der Waals surface area contributed by atoms with Crippen LogP contribution in [0.1, 0.15) is 30.0 Å². The summed E-state index contributed by atoms with van der Waals surface area (Å²) < 4.78 is 6.01. The molecule has 1 aliphatic heterocycles. The SMILES string of the molecule is CCCOc1c(C)ccc(C)c1CCN1CCNCC1. The van der Waals surface area contributed by atoms with Gasteiger partial charge in [-0.1, -0.05) is 19.1 Å². The second-order valence-electron chi connectivity index (χ2n) is 5.70. The monoisotopic (exact) mass is 276 g/mol. The number of piperazine rings is 1. The van der Waals surface area contributed by atoms with Crippen molar-refractivity contribution in [1.29, 1.82) is 0 Å². The Morgan fingerprint density at radius 1 is 1.15 bits per heavy atom. The molecule has 1 N–H and O–H groups in total. The van der Waals surface area contributed by atoms with Crippen molar-refractivity contribution in [2.75, 3.05) is 39.3 Å². The van der Waals surface area contributed by atoms with Crippen LogP contribution in [-0.4, -0.2) is 44.2 Å². The summed E-state index contributed by atoms with van der Waals surface area (Å²) in [5, 5.41) is 3.41. The molecule has 0 aromatic heterocycles. The highest BCUT2D eigenvalue weighted by Gasteiger charge is 2.14. The Kier molecular flexibility index (Phi) is 5.86. The van der Waals surface area contributed by atoms with Crippen molar-refractivity contribution in [3.05, 3.63) is 28.8 Å². The van der Waals surface area contributed by atoms with E-state index in [0.29, 0.717) is 0 Å². The van der Waals surface area contributed by atoms with Crippen molar-refractivity contribution in [3.8, 4) is 5.75 Å². The Labute approximate surface area is 123 Å². The van der Waals surface area contributed by atoms with Gasteiger partial charge in [0.1, 0.15) is 5.75 Å². The molecule has 3 heteroatoms. The molecule has 0 radical (unpaired) electrons. The average molecular weight is 276 g/mol. The van der Waals surface area contributed by atoms with Gasteiger partial charge in [0, 0.05) is 32.7 Å². The summed E-state index contributed by atoms with van der Waals surface area (Å²) in [7, 11) is 0. The summed E-state index contributed by atoms with van der Waals surface area (Å²) in [5.74, 6) is 1.13. The van der Waals surface area contributed by atoms with Gasteiger partial charge in [0.05, 0.1) is 6.61 Å². The van der Waals surface area contributed by atoms with Gasteiger partial charge in [0.2, 0.25) is 0 Å². The molecule has 0 aliphatic carbocycles. The lowest BCUT2D eigenvalue weighted by atomic mass is 10.0. The lowest BCUT2D eigenvalue weighted by Crippen LogP contribution is -2.44. The number of rotatable bonds is 6. The van der Waals surface area contributed by atoms with E-state index in [1.54, 1.807) is 0 Å². The molecule has 0 saturated carbocycles. The van der Waals surface area contributed by atoms with Crippen LogP contribution in [0, 0.1) is 13.8 Å². The summed E-state index contributed by atoms with van der Waals surface area (Å²) in [6, 6.07) is 4.40. The third-order valence-corrected chi connectivity index (χ3v) is 4.03. The molecular formula is C17H28N2O. The topological polar surface area (TPSA) is 24.5 Å². The van der Waals surface area contributed by atoms with Crippen molar-refractivity contribution in [2.24, 2.45) is 0 Å². The normalized spacial score (nSPS) is 16.4. The van der Waals surface area contributed by atoms with E-state index < -0.39 is 0 Å². The Morgan fingerprint density at radius 3 is 2.55 bits per heavy atom. The Bertz CT molecular complexity index is 425. The fourth-order valence-corrected chi connectivity index (χ4v) is 2.76. The number of benzene rings is 1. The molecule has 20 heavy (non-hydrogen) atoms. The van der Waals surface area contributed by atoms with E-state index in [1.165, 1.54) is 16.7 Å². The first kappa shape index (κ1) is 15.3. The zero-order valence-corrected chi connectivity index (χ0v) is 13.2. The average Bonchev–Trinajstić information content (AvgIpc) is 2.48. The molecule has 1 aromatic rings. The molecule has 3 nitrogen and oxygen atoms in total. The van der Waals surface area contributed by atoms with Crippen LogP contribution in [0.15, 0.2) is 12.1 Å². The highest BCUT2D eigenvalue weighted by molar-refractivity contribution is 5.45. The second kappa shape index (κ2) is 7.65. The van der Waals surface area contributed by atoms with Crippen molar-refractivity contribution < 1.29 is 4.74 Å². The number of hydrogen-bond donors (Lipinski definition) is 1. The van der Waals surface area contributed by atoms with Gasteiger partial charge in [-0.05, 0) is 43.4 Å². The number of ether oxygens (including phenoxy) is 1. The lowest BCUT2D eigenvalue weighted by molar-refractivity contribution is 0.242. The van der Waals surface area contributed by atoms with E-state index in [1.807, 2.05) is 0 Å². The molecule has 0 spiro atoms.